The van der Waals surface area contributed by atoms with Gasteiger partial charge in [-0.05, 0) is 19.4 Å². The van der Waals surface area contributed by atoms with Crippen LogP contribution in [0.2, 0.25) is 0 Å². The van der Waals surface area contributed by atoms with Gasteiger partial charge in [0.15, 0.2) is 0 Å². The highest BCUT2D eigenvalue weighted by Gasteiger charge is 2.33. The highest BCUT2D eigenvalue weighted by atomic mass is 16.5. The summed E-state index contributed by atoms with van der Waals surface area (Å²) in [5.74, 6) is 1.69. The fourth-order valence-electron chi connectivity index (χ4n) is 4.26. The molecule has 1 aromatic carbocycles. The summed E-state index contributed by atoms with van der Waals surface area (Å²) in [7, 11) is 0. The summed E-state index contributed by atoms with van der Waals surface area (Å²) in [5, 5.41) is 7.73. The van der Waals surface area contributed by atoms with E-state index < -0.39 is 0 Å². The van der Waals surface area contributed by atoms with Gasteiger partial charge >= 0.3 is 0 Å². The predicted molar refractivity (Wildman–Crippen MR) is 112 cm³/mol. The third kappa shape index (κ3) is 4.31. The van der Waals surface area contributed by atoms with Gasteiger partial charge in [-0.25, -0.2) is 4.68 Å². The van der Waals surface area contributed by atoms with E-state index in [1.807, 2.05) is 29.8 Å². The van der Waals surface area contributed by atoms with E-state index in [1.165, 1.54) is 0 Å². The minimum atomic E-state index is -0.0380. The number of aromatic nitrogens is 2. The van der Waals surface area contributed by atoms with E-state index in [4.69, 9.17) is 9.47 Å². The number of ether oxygens (including phenoxy) is 2. The van der Waals surface area contributed by atoms with Crippen molar-refractivity contribution in [2.24, 2.45) is 0 Å². The first-order chi connectivity index (χ1) is 14.2. The molecule has 0 spiro atoms. The Morgan fingerprint density at radius 2 is 2.03 bits per heavy atom. The summed E-state index contributed by atoms with van der Waals surface area (Å²) in [5.41, 5.74) is 3.15. The first kappa shape index (κ1) is 19.9. The van der Waals surface area contributed by atoms with Crippen LogP contribution in [0.15, 0.2) is 24.3 Å². The van der Waals surface area contributed by atoms with Crippen LogP contribution in [-0.2, 0) is 16.1 Å². The fraction of sp³-hybridized carbons (Fsp3) is 0.545. The second-order valence-corrected chi connectivity index (χ2v) is 7.72. The summed E-state index contributed by atoms with van der Waals surface area (Å²) in [4.78, 5) is 14.9. The number of para-hydroxylation sites is 1. The number of nitrogens with one attached hydrogen (secondary N) is 1. The van der Waals surface area contributed by atoms with E-state index in [0.29, 0.717) is 13.0 Å². The minimum Gasteiger partial charge on any atom is -0.492 e. The third-order valence-corrected chi connectivity index (χ3v) is 5.67. The quantitative estimate of drug-likeness (QED) is 0.777. The van der Waals surface area contributed by atoms with Gasteiger partial charge in [-0.3, -0.25) is 9.69 Å². The largest absolute Gasteiger partial charge is 0.492 e. The number of anilines is 1. The smallest absolute Gasteiger partial charge is 0.226 e. The molecule has 1 unspecified atom stereocenters. The van der Waals surface area contributed by atoms with Crippen LogP contribution in [0.3, 0.4) is 0 Å². The number of carbonyl (C=O) groups is 1. The second-order valence-electron chi connectivity index (χ2n) is 7.72. The maximum absolute atomic E-state index is 12.5. The molecule has 0 saturated carbocycles. The van der Waals surface area contributed by atoms with Gasteiger partial charge in [0, 0.05) is 49.6 Å². The Bertz CT molecular complexity index is 858. The Morgan fingerprint density at radius 1 is 1.24 bits per heavy atom. The summed E-state index contributed by atoms with van der Waals surface area (Å²) in [6, 6.07) is 8.09. The SMILES string of the molecule is CCCn1nc(C)c2c1NC(=O)CC2c1ccccc1OCCN1CCOCC1. The van der Waals surface area contributed by atoms with E-state index >= 15 is 0 Å². The van der Waals surface area contributed by atoms with Crippen LogP contribution >= 0.6 is 0 Å². The maximum atomic E-state index is 12.5. The zero-order valence-electron chi connectivity index (χ0n) is 17.3. The van der Waals surface area contributed by atoms with Crippen LogP contribution in [0.1, 0.15) is 42.5 Å². The highest BCUT2D eigenvalue weighted by molar-refractivity contribution is 5.94. The number of fused-ring (bicyclic) bond motifs is 1. The van der Waals surface area contributed by atoms with Gasteiger partial charge in [0.1, 0.15) is 18.2 Å². The Morgan fingerprint density at radius 3 is 2.83 bits per heavy atom. The molecule has 0 bridgehead atoms. The lowest BCUT2D eigenvalue weighted by Gasteiger charge is -2.28. The Balaban J connectivity index is 1.56. The highest BCUT2D eigenvalue weighted by Crippen LogP contribution is 2.42. The summed E-state index contributed by atoms with van der Waals surface area (Å²) >= 11 is 0. The molecule has 1 aromatic heterocycles. The lowest BCUT2D eigenvalue weighted by atomic mass is 9.85. The van der Waals surface area contributed by atoms with Gasteiger partial charge in [0.25, 0.3) is 0 Å². The van der Waals surface area contributed by atoms with Crippen molar-refractivity contribution in [3.05, 3.63) is 41.1 Å². The Labute approximate surface area is 172 Å². The van der Waals surface area contributed by atoms with Crippen molar-refractivity contribution in [3.8, 4) is 5.75 Å². The standard InChI is InChI=1S/C22H30N4O3/c1-3-8-26-22-21(16(2)24-26)18(15-20(27)23-22)17-6-4-5-7-19(17)29-14-11-25-9-12-28-13-10-25/h4-7,18H,3,8-15H2,1-2H3,(H,23,27). The van der Waals surface area contributed by atoms with Crippen LogP contribution < -0.4 is 10.1 Å². The molecular formula is C22H30N4O3. The van der Waals surface area contributed by atoms with E-state index in [1.54, 1.807) is 0 Å². The molecule has 29 heavy (non-hydrogen) atoms. The number of carbonyl (C=O) groups excluding carboxylic acids is 1. The van der Waals surface area contributed by atoms with Crippen LogP contribution in [0.5, 0.6) is 5.75 Å². The number of hydrogen-bond acceptors (Lipinski definition) is 5. The van der Waals surface area contributed by atoms with Crippen LogP contribution in [0.25, 0.3) is 0 Å². The number of morpholine rings is 1. The van der Waals surface area contributed by atoms with Crippen LogP contribution in [0.4, 0.5) is 5.82 Å². The molecule has 7 heteroatoms. The summed E-state index contributed by atoms with van der Waals surface area (Å²) in [6.45, 7) is 9.91. The van der Waals surface area contributed by atoms with Crippen molar-refractivity contribution in [1.29, 1.82) is 0 Å². The molecule has 1 N–H and O–H groups in total. The van der Waals surface area contributed by atoms with E-state index in [-0.39, 0.29) is 11.8 Å². The first-order valence-electron chi connectivity index (χ1n) is 10.6. The molecule has 156 valence electrons. The van der Waals surface area contributed by atoms with Gasteiger partial charge in [0.05, 0.1) is 18.9 Å². The Hall–Kier alpha value is -2.38. The monoisotopic (exact) mass is 398 g/mol. The molecule has 7 nitrogen and oxygen atoms in total. The van der Waals surface area contributed by atoms with Gasteiger partial charge in [-0.2, -0.15) is 5.10 Å². The average Bonchev–Trinajstić information content (AvgIpc) is 3.04. The number of rotatable bonds is 7. The van der Waals surface area contributed by atoms with Crippen LogP contribution in [0, 0.1) is 6.92 Å². The second kappa shape index (κ2) is 8.97. The molecule has 1 atom stereocenters. The third-order valence-electron chi connectivity index (χ3n) is 5.67. The Kier molecular flexibility index (Phi) is 6.16. The van der Waals surface area contributed by atoms with Gasteiger partial charge in [0.2, 0.25) is 5.91 Å². The number of hydrogen-bond donors (Lipinski definition) is 1. The molecule has 2 aliphatic rings. The molecule has 1 amide bonds. The van der Waals surface area contributed by atoms with Gasteiger partial charge < -0.3 is 14.8 Å². The maximum Gasteiger partial charge on any atom is 0.226 e. The van der Waals surface area contributed by atoms with Crippen molar-refractivity contribution in [2.45, 2.75) is 39.2 Å². The normalized spacial score (nSPS) is 19.7. The summed E-state index contributed by atoms with van der Waals surface area (Å²) in [6.07, 6.45) is 1.38. The van der Waals surface area contributed by atoms with E-state index in [9.17, 15) is 4.79 Å². The van der Waals surface area contributed by atoms with Gasteiger partial charge in [-0.15, -0.1) is 0 Å². The first-order valence-corrected chi connectivity index (χ1v) is 10.6. The molecule has 0 radical (unpaired) electrons. The molecule has 3 heterocycles. The van der Waals surface area contributed by atoms with Crippen molar-refractivity contribution in [3.63, 3.8) is 0 Å². The molecule has 0 aliphatic carbocycles. The van der Waals surface area contributed by atoms with Crippen molar-refractivity contribution >= 4 is 11.7 Å². The molecular weight excluding hydrogens is 368 g/mol. The molecule has 4 rings (SSSR count). The van der Waals surface area contributed by atoms with E-state index in [0.717, 1.165) is 74.2 Å². The lowest BCUT2D eigenvalue weighted by Crippen LogP contribution is -2.38. The van der Waals surface area contributed by atoms with Crippen molar-refractivity contribution in [1.82, 2.24) is 14.7 Å². The average molecular weight is 399 g/mol. The fourth-order valence-corrected chi connectivity index (χ4v) is 4.26. The van der Waals surface area contributed by atoms with Crippen molar-refractivity contribution in [2.75, 3.05) is 44.8 Å². The number of benzene rings is 1. The number of nitrogens with zero attached hydrogens (tertiary/aromatic N) is 3. The number of amides is 1. The minimum absolute atomic E-state index is 0.0304. The molecule has 2 aromatic rings. The topological polar surface area (TPSA) is 68.6 Å². The molecule has 1 saturated heterocycles. The van der Waals surface area contributed by atoms with Crippen molar-refractivity contribution < 1.29 is 14.3 Å². The van der Waals surface area contributed by atoms with Gasteiger partial charge in [-0.1, -0.05) is 25.1 Å². The predicted octanol–water partition coefficient (Wildman–Crippen LogP) is 2.79. The molecule has 1 fully saturated rings. The lowest BCUT2D eigenvalue weighted by molar-refractivity contribution is -0.116. The number of aryl methyl sites for hydroxylation is 2. The zero-order chi connectivity index (χ0) is 20.2. The summed E-state index contributed by atoms with van der Waals surface area (Å²) < 4.78 is 13.5. The van der Waals surface area contributed by atoms with E-state index in [2.05, 4.69) is 28.3 Å². The zero-order valence-corrected chi connectivity index (χ0v) is 17.3. The van der Waals surface area contributed by atoms with Crippen LogP contribution in [-0.4, -0.2) is 60.0 Å². The molecule has 2 aliphatic heterocycles.